The summed E-state index contributed by atoms with van der Waals surface area (Å²) in [5.74, 6) is 0.662. The average Bonchev–Trinajstić information content (AvgIpc) is 3.53. The van der Waals surface area contributed by atoms with Gasteiger partial charge >= 0.3 is 5.69 Å². The van der Waals surface area contributed by atoms with Crippen molar-refractivity contribution in [3.63, 3.8) is 0 Å². The van der Waals surface area contributed by atoms with Gasteiger partial charge in [0.15, 0.2) is 16.9 Å². The Labute approximate surface area is 206 Å². The third-order valence-corrected chi connectivity index (χ3v) is 6.86. The van der Waals surface area contributed by atoms with Crippen molar-refractivity contribution in [2.75, 3.05) is 18.0 Å². The Kier molecular flexibility index (Phi) is 5.88. The fourth-order valence-corrected chi connectivity index (χ4v) is 4.95. The van der Waals surface area contributed by atoms with Crippen LogP contribution in [0.4, 0.5) is 5.95 Å². The van der Waals surface area contributed by atoms with E-state index in [0.717, 1.165) is 35.3 Å². The molecule has 9 nitrogen and oxygen atoms in total. The minimum atomic E-state index is -0.586. The Morgan fingerprint density at radius 2 is 2.06 bits per heavy atom. The van der Waals surface area contributed by atoms with Gasteiger partial charge in [-0.05, 0) is 32.4 Å². The maximum atomic E-state index is 13.7. The van der Waals surface area contributed by atoms with Crippen molar-refractivity contribution in [1.29, 1.82) is 0 Å². The molecule has 1 N–H and O–H groups in total. The molecular weight excluding hydrogens is 468 g/mol. The lowest BCUT2D eigenvalue weighted by atomic mass is 10.1. The highest BCUT2D eigenvalue weighted by molar-refractivity contribution is 6.31. The Bertz CT molecular complexity index is 1520. The fraction of sp³-hybridized carbons (Fsp3) is 0.360. The second-order valence-corrected chi connectivity index (χ2v) is 9.69. The van der Waals surface area contributed by atoms with E-state index in [-0.39, 0.29) is 12.3 Å². The number of nitrogens with zero attached hydrogens (tertiary/aromatic N) is 5. The van der Waals surface area contributed by atoms with E-state index in [1.54, 1.807) is 25.2 Å². The molecule has 5 rings (SSSR count). The molecule has 0 aliphatic carbocycles. The Hall–Kier alpha value is -3.59. The third-order valence-electron chi connectivity index (χ3n) is 6.63. The molecule has 1 saturated heterocycles. The molecule has 4 heterocycles. The Balaban J connectivity index is 1.68. The molecule has 2 aliphatic heterocycles. The number of allylic oxidation sites excluding steroid dienone is 2. The smallest absolute Gasteiger partial charge is 0.332 e. The number of halogens is 1. The molecule has 1 aromatic carbocycles. The number of aromatic nitrogens is 4. The van der Waals surface area contributed by atoms with E-state index in [2.05, 4.69) is 10.2 Å². The second-order valence-electron chi connectivity index (χ2n) is 9.26. The average molecular weight is 495 g/mol. The van der Waals surface area contributed by atoms with Crippen LogP contribution in [0, 0.1) is 5.92 Å². The number of hydrogen-bond donors (Lipinski definition) is 1. The molecule has 0 bridgehead atoms. The van der Waals surface area contributed by atoms with Crippen LogP contribution in [-0.2, 0) is 20.1 Å². The maximum Gasteiger partial charge on any atom is 0.332 e. The van der Waals surface area contributed by atoms with Crippen LogP contribution in [0.2, 0.25) is 5.02 Å². The molecule has 35 heavy (non-hydrogen) atoms. The highest BCUT2D eigenvalue weighted by Gasteiger charge is 2.35. The first-order valence-electron chi connectivity index (χ1n) is 11.6. The van der Waals surface area contributed by atoms with Crippen LogP contribution >= 0.6 is 11.6 Å². The zero-order valence-electron chi connectivity index (χ0n) is 19.9. The number of fused-ring (bicyclic) bond motifs is 2. The van der Waals surface area contributed by atoms with Crippen molar-refractivity contribution in [2.45, 2.75) is 33.4 Å². The van der Waals surface area contributed by atoms with Gasteiger partial charge in [0, 0.05) is 55.1 Å². The van der Waals surface area contributed by atoms with Crippen molar-refractivity contribution in [3.05, 3.63) is 79.2 Å². The SMILES string of the molecule is CC(C)=CCn1c(N2CCC3CNC=C32)nc2c1c(=O)n(CC(=O)c1cccc(Cl)c1)c(=O)n2C. The lowest BCUT2D eigenvalue weighted by Crippen LogP contribution is -2.41. The molecule has 0 amide bonds. The van der Waals surface area contributed by atoms with Crippen LogP contribution in [0.15, 0.2) is 57.4 Å². The van der Waals surface area contributed by atoms with E-state index < -0.39 is 11.2 Å². The first-order valence-corrected chi connectivity index (χ1v) is 12.0. The van der Waals surface area contributed by atoms with Gasteiger partial charge in [-0.1, -0.05) is 35.4 Å². The number of carbonyl (C=O) groups is 1. The fourth-order valence-electron chi connectivity index (χ4n) is 4.76. The van der Waals surface area contributed by atoms with Crippen molar-refractivity contribution in [2.24, 2.45) is 13.0 Å². The standard InChI is InChI=1S/C25H27ClN6O3/c1-15(2)7-9-31-21-22(28-24(31)30-10-8-17-12-27-13-19(17)30)29(3)25(35)32(23(21)34)14-20(33)16-5-4-6-18(26)11-16/h4-7,11,13,17,27H,8-10,12,14H2,1-3H3. The van der Waals surface area contributed by atoms with Gasteiger partial charge < -0.3 is 14.8 Å². The number of benzene rings is 1. The molecular formula is C25H27ClN6O3. The molecule has 1 unspecified atom stereocenters. The Morgan fingerprint density at radius 1 is 1.26 bits per heavy atom. The van der Waals surface area contributed by atoms with Gasteiger partial charge in [-0.25, -0.2) is 4.79 Å². The van der Waals surface area contributed by atoms with Gasteiger partial charge in [0.1, 0.15) is 0 Å². The minimum Gasteiger partial charge on any atom is -0.389 e. The van der Waals surface area contributed by atoms with Crippen LogP contribution in [0.25, 0.3) is 11.2 Å². The lowest BCUT2D eigenvalue weighted by Gasteiger charge is -2.19. The van der Waals surface area contributed by atoms with Crippen molar-refractivity contribution in [1.82, 2.24) is 24.0 Å². The summed E-state index contributed by atoms with van der Waals surface area (Å²) in [5.41, 5.74) is 2.06. The number of Topliss-reactive ketones (excluding diaryl/α,β-unsaturated/α-hetero) is 1. The highest BCUT2D eigenvalue weighted by Crippen LogP contribution is 2.35. The van der Waals surface area contributed by atoms with Crippen molar-refractivity contribution in [3.8, 4) is 0 Å². The first kappa shape index (κ1) is 23.2. The van der Waals surface area contributed by atoms with Crippen LogP contribution in [0.1, 0.15) is 30.6 Å². The molecule has 1 atom stereocenters. The molecule has 2 aliphatic rings. The monoisotopic (exact) mass is 494 g/mol. The van der Waals surface area contributed by atoms with Gasteiger partial charge in [-0.15, -0.1) is 0 Å². The van der Waals surface area contributed by atoms with Gasteiger partial charge in [0.2, 0.25) is 5.95 Å². The summed E-state index contributed by atoms with van der Waals surface area (Å²) in [6.45, 7) is 5.69. The highest BCUT2D eigenvalue weighted by atomic mass is 35.5. The molecule has 10 heteroatoms. The zero-order chi connectivity index (χ0) is 24.9. The number of ketones is 1. The maximum absolute atomic E-state index is 13.7. The van der Waals surface area contributed by atoms with E-state index in [4.69, 9.17) is 16.6 Å². The lowest BCUT2D eigenvalue weighted by molar-refractivity contribution is 0.0969. The second kappa shape index (κ2) is 8.88. The molecule has 3 aromatic rings. The van der Waals surface area contributed by atoms with Gasteiger partial charge in [0.25, 0.3) is 5.56 Å². The van der Waals surface area contributed by atoms with Crippen LogP contribution < -0.4 is 21.5 Å². The summed E-state index contributed by atoms with van der Waals surface area (Å²) >= 11 is 6.02. The largest absolute Gasteiger partial charge is 0.389 e. The topological polar surface area (TPSA) is 94.2 Å². The van der Waals surface area contributed by atoms with Gasteiger partial charge in [0.05, 0.1) is 6.54 Å². The summed E-state index contributed by atoms with van der Waals surface area (Å²) in [4.78, 5) is 46.7. The summed E-state index contributed by atoms with van der Waals surface area (Å²) in [6.07, 6.45) is 5.01. The molecule has 1 fully saturated rings. The van der Waals surface area contributed by atoms with Gasteiger partial charge in [-0.2, -0.15) is 4.98 Å². The van der Waals surface area contributed by atoms with E-state index in [9.17, 15) is 14.4 Å². The molecule has 0 radical (unpaired) electrons. The molecule has 182 valence electrons. The number of hydrogen-bond acceptors (Lipinski definition) is 6. The first-order chi connectivity index (χ1) is 16.8. The number of imidazole rings is 1. The quantitative estimate of drug-likeness (QED) is 0.418. The Morgan fingerprint density at radius 3 is 2.80 bits per heavy atom. The number of aryl methyl sites for hydroxylation is 1. The van der Waals surface area contributed by atoms with Gasteiger partial charge in [-0.3, -0.25) is 18.7 Å². The summed E-state index contributed by atoms with van der Waals surface area (Å²) < 4.78 is 4.19. The normalized spacial score (nSPS) is 16.9. The van der Waals surface area contributed by atoms with E-state index >= 15 is 0 Å². The van der Waals surface area contributed by atoms with Crippen molar-refractivity contribution < 1.29 is 4.79 Å². The summed E-state index contributed by atoms with van der Waals surface area (Å²) in [6, 6.07) is 6.47. The molecule has 2 aromatic heterocycles. The number of nitrogens with one attached hydrogen (secondary N) is 1. The summed E-state index contributed by atoms with van der Waals surface area (Å²) in [5, 5.41) is 3.70. The molecule has 0 saturated carbocycles. The zero-order valence-corrected chi connectivity index (χ0v) is 20.7. The number of carbonyl (C=O) groups excluding carboxylic acids is 1. The number of rotatable bonds is 6. The van der Waals surface area contributed by atoms with Crippen molar-refractivity contribution >= 4 is 34.5 Å². The third kappa shape index (κ3) is 3.99. The predicted octanol–water partition coefficient (Wildman–Crippen LogP) is 2.67. The number of anilines is 1. The summed E-state index contributed by atoms with van der Waals surface area (Å²) in [7, 11) is 1.58. The molecule has 0 spiro atoms. The van der Waals surface area contributed by atoms with Crippen LogP contribution in [0.3, 0.4) is 0 Å². The minimum absolute atomic E-state index is 0.300. The van der Waals surface area contributed by atoms with Crippen LogP contribution in [-0.4, -0.2) is 37.6 Å². The predicted molar refractivity (Wildman–Crippen MR) is 136 cm³/mol. The van der Waals surface area contributed by atoms with E-state index in [0.29, 0.717) is 40.2 Å². The van der Waals surface area contributed by atoms with E-state index in [1.807, 2.05) is 30.7 Å². The van der Waals surface area contributed by atoms with E-state index in [1.165, 1.54) is 10.6 Å². The van der Waals surface area contributed by atoms with Crippen LogP contribution in [0.5, 0.6) is 0 Å².